The maximum absolute atomic E-state index is 11.7. The van der Waals surface area contributed by atoms with Crippen molar-refractivity contribution in [1.29, 1.82) is 0 Å². The predicted octanol–water partition coefficient (Wildman–Crippen LogP) is 0.534. The Labute approximate surface area is 109 Å². The zero-order valence-electron chi connectivity index (χ0n) is 9.70. The second kappa shape index (κ2) is 4.13. The van der Waals surface area contributed by atoms with Gasteiger partial charge in [0.2, 0.25) is 5.91 Å². The van der Waals surface area contributed by atoms with E-state index in [1.165, 1.54) is 29.5 Å². The average molecular weight is 266 g/mol. The summed E-state index contributed by atoms with van der Waals surface area (Å²) in [6, 6.07) is -0.557. The molecule has 18 heavy (non-hydrogen) atoms. The molecule has 1 unspecified atom stereocenters. The van der Waals surface area contributed by atoms with Crippen LogP contribution in [0.2, 0.25) is 0 Å². The van der Waals surface area contributed by atoms with E-state index in [9.17, 15) is 14.7 Å². The minimum absolute atomic E-state index is 0.113. The average Bonchev–Trinajstić information content (AvgIpc) is 3.17. The van der Waals surface area contributed by atoms with Gasteiger partial charge in [-0.25, -0.2) is 4.79 Å². The van der Waals surface area contributed by atoms with Crippen molar-refractivity contribution in [3.63, 3.8) is 0 Å². The maximum Gasteiger partial charge on any atom is 0.352 e. The second-order valence-corrected chi connectivity index (χ2v) is 5.92. The van der Waals surface area contributed by atoms with E-state index < -0.39 is 12.0 Å². The molecule has 0 spiro atoms. The minimum Gasteiger partial charge on any atom is -0.477 e. The Morgan fingerprint density at radius 1 is 1.50 bits per heavy atom. The smallest absolute Gasteiger partial charge is 0.352 e. The Kier molecular flexibility index (Phi) is 2.71. The predicted molar refractivity (Wildman–Crippen MR) is 67.6 cm³/mol. The van der Waals surface area contributed by atoms with Gasteiger partial charge in [-0.2, -0.15) is 0 Å². The molecule has 0 aromatic heterocycles. The van der Waals surface area contributed by atoms with Gasteiger partial charge in [0.1, 0.15) is 17.1 Å². The molecule has 1 saturated heterocycles. The van der Waals surface area contributed by atoms with Crippen molar-refractivity contribution in [2.45, 2.75) is 24.3 Å². The molecular weight excluding hydrogens is 252 g/mol. The zero-order valence-corrected chi connectivity index (χ0v) is 10.5. The van der Waals surface area contributed by atoms with Gasteiger partial charge < -0.3 is 10.8 Å². The van der Waals surface area contributed by atoms with Crippen molar-refractivity contribution in [2.24, 2.45) is 11.7 Å². The SMILES string of the molecule is NC1C(=O)N2C(C(=O)O)=C(/C=C\C3CC3)CS[C@H]12. The molecule has 2 fully saturated rings. The summed E-state index contributed by atoms with van der Waals surface area (Å²) in [7, 11) is 0. The molecule has 0 radical (unpaired) electrons. The first kappa shape index (κ1) is 11.8. The number of carbonyl (C=O) groups is 2. The number of amides is 1. The molecule has 3 rings (SSSR count). The van der Waals surface area contributed by atoms with Crippen molar-refractivity contribution in [2.75, 3.05) is 5.75 Å². The van der Waals surface area contributed by atoms with Crippen LogP contribution in [0.3, 0.4) is 0 Å². The number of carboxylic acids is 1. The monoisotopic (exact) mass is 266 g/mol. The van der Waals surface area contributed by atoms with Gasteiger partial charge in [-0.05, 0) is 24.3 Å². The fraction of sp³-hybridized carbons (Fsp3) is 0.500. The van der Waals surface area contributed by atoms with E-state index >= 15 is 0 Å². The van der Waals surface area contributed by atoms with Crippen LogP contribution < -0.4 is 5.73 Å². The lowest BCUT2D eigenvalue weighted by Crippen LogP contribution is -2.68. The molecule has 0 bridgehead atoms. The third-order valence-corrected chi connectivity index (χ3v) is 4.76. The summed E-state index contributed by atoms with van der Waals surface area (Å²) in [4.78, 5) is 24.3. The van der Waals surface area contributed by atoms with Gasteiger partial charge in [-0.15, -0.1) is 11.8 Å². The van der Waals surface area contributed by atoms with Crippen LogP contribution >= 0.6 is 11.8 Å². The normalized spacial score (nSPS) is 31.6. The standard InChI is InChI=1S/C12H14N2O3S/c13-8-10(15)14-9(12(16)17)7(5-18-11(8)14)4-3-6-1-2-6/h3-4,6,8,11H,1-2,5,13H2,(H,16,17)/b4-3-/t8?,11-/m1/s1. The van der Waals surface area contributed by atoms with E-state index in [-0.39, 0.29) is 17.0 Å². The molecule has 2 atom stereocenters. The van der Waals surface area contributed by atoms with Crippen LogP contribution in [-0.2, 0) is 9.59 Å². The molecule has 1 amide bonds. The Morgan fingerprint density at radius 2 is 2.22 bits per heavy atom. The number of aliphatic carboxylic acids is 1. The molecule has 96 valence electrons. The van der Waals surface area contributed by atoms with Crippen LogP contribution in [0.4, 0.5) is 0 Å². The van der Waals surface area contributed by atoms with Crippen LogP contribution in [0.15, 0.2) is 23.4 Å². The largest absolute Gasteiger partial charge is 0.477 e. The fourth-order valence-electron chi connectivity index (χ4n) is 2.21. The van der Waals surface area contributed by atoms with Crippen LogP contribution in [0, 0.1) is 5.92 Å². The number of thioether (sulfide) groups is 1. The highest BCUT2D eigenvalue weighted by molar-refractivity contribution is 8.00. The molecule has 0 aromatic carbocycles. The van der Waals surface area contributed by atoms with Crippen molar-refractivity contribution < 1.29 is 14.7 Å². The van der Waals surface area contributed by atoms with E-state index in [1.54, 1.807) is 0 Å². The summed E-state index contributed by atoms with van der Waals surface area (Å²) in [6.07, 6.45) is 6.26. The Bertz CT molecular complexity index is 482. The molecule has 1 saturated carbocycles. The fourth-order valence-corrected chi connectivity index (χ4v) is 3.47. The lowest BCUT2D eigenvalue weighted by Gasteiger charge is -2.47. The van der Waals surface area contributed by atoms with E-state index in [0.717, 1.165) is 5.57 Å². The Morgan fingerprint density at radius 3 is 2.83 bits per heavy atom. The van der Waals surface area contributed by atoms with Gasteiger partial charge in [0.25, 0.3) is 0 Å². The van der Waals surface area contributed by atoms with Gasteiger partial charge in [0.05, 0.1) is 0 Å². The van der Waals surface area contributed by atoms with Gasteiger partial charge >= 0.3 is 5.97 Å². The first-order valence-electron chi connectivity index (χ1n) is 5.94. The number of carbonyl (C=O) groups excluding carboxylic acids is 1. The van der Waals surface area contributed by atoms with Crippen molar-refractivity contribution in [3.8, 4) is 0 Å². The molecule has 6 heteroatoms. The number of nitrogens with two attached hydrogens (primary N) is 1. The van der Waals surface area contributed by atoms with Gasteiger partial charge in [0.15, 0.2) is 0 Å². The first-order chi connectivity index (χ1) is 8.59. The summed E-state index contributed by atoms with van der Waals surface area (Å²) in [5.41, 5.74) is 6.50. The number of allylic oxidation sites excluding steroid dienone is 2. The third kappa shape index (κ3) is 1.76. The number of hydrogen-bond acceptors (Lipinski definition) is 4. The lowest BCUT2D eigenvalue weighted by atomic mass is 10.0. The molecule has 2 heterocycles. The number of hydrogen-bond donors (Lipinski definition) is 2. The number of nitrogens with zero attached hydrogens (tertiary/aromatic N) is 1. The van der Waals surface area contributed by atoms with Gasteiger partial charge in [-0.1, -0.05) is 12.2 Å². The highest BCUT2D eigenvalue weighted by Gasteiger charge is 2.51. The summed E-state index contributed by atoms with van der Waals surface area (Å²) in [5.74, 6) is -0.143. The number of carboxylic acid groups (broad SMARTS) is 1. The molecule has 1 aliphatic carbocycles. The summed E-state index contributed by atoms with van der Waals surface area (Å²) in [5, 5.41) is 9.07. The molecule has 5 nitrogen and oxygen atoms in total. The quantitative estimate of drug-likeness (QED) is 0.728. The minimum atomic E-state index is -1.05. The van der Waals surface area contributed by atoms with Crippen molar-refractivity contribution in [3.05, 3.63) is 23.4 Å². The molecule has 2 aliphatic heterocycles. The molecule has 3 aliphatic rings. The highest BCUT2D eigenvalue weighted by Crippen LogP contribution is 2.40. The summed E-state index contributed by atoms with van der Waals surface area (Å²) in [6.45, 7) is 0. The Balaban J connectivity index is 1.92. The summed E-state index contributed by atoms with van der Waals surface area (Å²) >= 11 is 1.53. The number of β-lactam (4-membered cyclic amide) rings is 1. The van der Waals surface area contributed by atoms with Crippen LogP contribution in [0.5, 0.6) is 0 Å². The zero-order chi connectivity index (χ0) is 12.9. The van der Waals surface area contributed by atoms with Crippen molar-refractivity contribution in [1.82, 2.24) is 4.90 Å². The molecular formula is C12H14N2O3S. The van der Waals surface area contributed by atoms with Crippen LogP contribution in [0.25, 0.3) is 0 Å². The first-order valence-corrected chi connectivity index (χ1v) is 6.99. The second-order valence-electron chi connectivity index (χ2n) is 4.81. The summed E-state index contributed by atoms with van der Waals surface area (Å²) < 4.78 is 0. The van der Waals surface area contributed by atoms with E-state index in [1.807, 2.05) is 12.2 Å². The third-order valence-electron chi connectivity index (χ3n) is 3.43. The highest BCUT2D eigenvalue weighted by atomic mass is 32.2. The molecule has 3 N–H and O–H groups in total. The molecule has 0 aromatic rings. The van der Waals surface area contributed by atoms with E-state index in [2.05, 4.69) is 0 Å². The van der Waals surface area contributed by atoms with E-state index in [4.69, 9.17) is 5.73 Å². The van der Waals surface area contributed by atoms with Gasteiger partial charge in [-0.3, -0.25) is 9.69 Å². The van der Waals surface area contributed by atoms with Crippen LogP contribution in [0.1, 0.15) is 12.8 Å². The Hall–Kier alpha value is -1.27. The van der Waals surface area contributed by atoms with E-state index in [0.29, 0.717) is 11.7 Å². The van der Waals surface area contributed by atoms with Gasteiger partial charge in [0, 0.05) is 5.75 Å². The van der Waals surface area contributed by atoms with Crippen molar-refractivity contribution >= 4 is 23.6 Å². The topological polar surface area (TPSA) is 83.6 Å². The maximum atomic E-state index is 11.7. The number of fused-ring (bicyclic) bond motifs is 1. The van der Waals surface area contributed by atoms with Crippen LogP contribution in [-0.4, -0.2) is 39.1 Å². The number of rotatable bonds is 3. The lowest BCUT2D eigenvalue weighted by molar-refractivity contribution is -0.147.